The molecule has 4 N–H and O–H groups in total. The molecule has 0 radical (unpaired) electrons. The highest BCUT2D eigenvalue weighted by Crippen LogP contribution is 2.47. The summed E-state index contributed by atoms with van der Waals surface area (Å²) in [7, 11) is 1.44. The van der Waals surface area contributed by atoms with E-state index in [9.17, 15) is 14.7 Å². The first-order chi connectivity index (χ1) is 14.8. The van der Waals surface area contributed by atoms with Crippen LogP contribution in [0.25, 0.3) is 10.9 Å². The van der Waals surface area contributed by atoms with Crippen molar-refractivity contribution in [2.75, 3.05) is 37.4 Å². The van der Waals surface area contributed by atoms with Crippen LogP contribution in [0.5, 0.6) is 5.75 Å². The highest BCUT2D eigenvalue weighted by molar-refractivity contribution is 6.03. The predicted octanol–water partition coefficient (Wildman–Crippen LogP) is 2.59. The van der Waals surface area contributed by atoms with Crippen molar-refractivity contribution < 1.29 is 19.0 Å². The van der Waals surface area contributed by atoms with Gasteiger partial charge < -0.3 is 30.4 Å². The van der Waals surface area contributed by atoms with E-state index in [1.165, 1.54) is 13.3 Å². The van der Waals surface area contributed by atoms with Crippen LogP contribution in [0.3, 0.4) is 0 Å². The lowest BCUT2D eigenvalue weighted by Crippen LogP contribution is -2.35. The fourth-order valence-electron chi connectivity index (χ4n) is 4.72. The largest absolute Gasteiger partial charge is 0.492 e. The highest BCUT2D eigenvalue weighted by Gasteiger charge is 2.35. The molecule has 8 nitrogen and oxygen atoms in total. The van der Waals surface area contributed by atoms with Gasteiger partial charge in [0.15, 0.2) is 11.6 Å². The van der Waals surface area contributed by atoms with E-state index in [1.54, 1.807) is 4.57 Å². The number of nitrogens with one attached hydrogen (secondary N) is 1. The van der Waals surface area contributed by atoms with Crippen molar-refractivity contribution in [2.45, 2.75) is 45.2 Å². The fraction of sp³-hybridized carbons (Fsp3) is 0.545. The summed E-state index contributed by atoms with van der Waals surface area (Å²) in [6.45, 7) is 6.31. The number of fused-ring (bicyclic) bond motifs is 1. The zero-order valence-corrected chi connectivity index (χ0v) is 18.1. The molecule has 1 saturated heterocycles. The average molecular weight is 432 g/mol. The number of methoxy groups -OCH3 is 1. The number of nitrogen functional groups attached to an aromatic ring is 1. The number of carbonyl (C=O) groups is 1. The molecule has 2 fully saturated rings. The van der Waals surface area contributed by atoms with Crippen molar-refractivity contribution in [3.05, 3.63) is 27.8 Å². The van der Waals surface area contributed by atoms with Gasteiger partial charge in [-0.15, -0.1) is 0 Å². The quantitative estimate of drug-likeness (QED) is 0.577. The molecule has 0 bridgehead atoms. The molecule has 1 aromatic carbocycles. The molecule has 2 heterocycles. The van der Waals surface area contributed by atoms with Gasteiger partial charge >= 0.3 is 5.97 Å². The number of carboxylic acids is 1. The van der Waals surface area contributed by atoms with Crippen LogP contribution >= 0.6 is 0 Å². The van der Waals surface area contributed by atoms with Gasteiger partial charge in [-0.25, -0.2) is 9.18 Å². The number of hydrogen-bond donors (Lipinski definition) is 3. The molecule has 168 valence electrons. The van der Waals surface area contributed by atoms with E-state index in [1.807, 2.05) is 4.90 Å². The lowest BCUT2D eigenvalue weighted by molar-refractivity contribution is 0.0695. The second-order valence-electron chi connectivity index (χ2n) is 8.49. The number of nitrogens with two attached hydrogens (primary N) is 1. The van der Waals surface area contributed by atoms with Crippen LogP contribution in [0.4, 0.5) is 15.8 Å². The van der Waals surface area contributed by atoms with Gasteiger partial charge in [-0.2, -0.15) is 0 Å². The lowest BCUT2D eigenvalue weighted by Gasteiger charge is -2.26. The van der Waals surface area contributed by atoms with Gasteiger partial charge in [0.25, 0.3) is 0 Å². The van der Waals surface area contributed by atoms with Crippen LogP contribution in [0, 0.1) is 11.7 Å². The molecule has 2 atom stereocenters. The van der Waals surface area contributed by atoms with Gasteiger partial charge in [0.05, 0.1) is 23.7 Å². The van der Waals surface area contributed by atoms with E-state index in [0.717, 1.165) is 25.8 Å². The van der Waals surface area contributed by atoms with E-state index in [0.29, 0.717) is 24.5 Å². The van der Waals surface area contributed by atoms with Crippen LogP contribution in [-0.4, -0.2) is 48.4 Å². The minimum Gasteiger partial charge on any atom is -0.492 e. The van der Waals surface area contributed by atoms with Crippen LogP contribution < -0.4 is 26.1 Å². The number of ether oxygens (including phenoxy) is 1. The summed E-state index contributed by atoms with van der Waals surface area (Å²) in [6, 6.07) is 0.317. The van der Waals surface area contributed by atoms with Crippen molar-refractivity contribution in [3.8, 4) is 5.75 Å². The van der Waals surface area contributed by atoms with E-state index < -0.39 is 22.8 Å². The Morgan fingerprint density at radius 3 is 2.71 bits per heavy atom. The Kier molecular flexibility index (Phi) is 5.55. The first kappa shape index (κ1) is 21.4. The minimum atomic E-state index is -1.36. The SMILES string of the molecule is CCN[C@@H](C)[C@@H]1CCN(c2c(F)c(N)c3c(=O)c(C(=O)O)cn(C4CC4)c3c2OC)C1. The van der Waals surface area contributed by atoms with Crippen molar-refractivity contribution in [1.82, 2.24) is 9.88 Å². The van der Waals surface area contributed by atoms with Crippen LogP contribution in [-0.2, 0) is 0 Å². The first-order valence-electron chi connectivity index (χ1n) is 10.7. The van der Waals surface area contributed by atoms with Crippen LogP contribution in [0.2, 0.25) is 0 Å². The van der Waals surface area contributed by atoms with Crippen molar-refractivity contribution in [1.29, 1.82) is 0 Å². The van der Waals surface area contributed by atoms with Crippen molar-refractivity contribution in [2.24, 2.45) is 5.92 Å². The normalized spacial score (nSPS) is 19.7. The summed E-state index contributed by atoms with van der Waals surface area (Å²) in [4.78, 5) is 26.5. The summed E-state index contributed by atoms with van der Waals surface area (Å²) in [5.74, 6) is -1.52. The number of pyridine rings is 1. The number of nitrogens with zero attached hydrogens (tertiary/aromatic N) is 2. The predicted molar refractivity (Wildman–Crippen MR) is 118 cm³/mol. The number of halogens is 1. The molecule has 0 unspecified atom stereocenters. The monoisotopic (exact) mass is 432 g/mol. The molecule has 9 heteroatoms. The van der Waals surface area contributed by atoms with Crippen molar-refractivity contribution in [3.63, 3.8) is 0 Å². The molecule has 1 aliphatic heterocycles. The third-order valence-electron chi connectivity index (χ3n) is 6.53. The number of rotatable bonds is 7. The lowest BCUT2D eigenvalue weighted by atomic mass is 10.0. The Hall–Kier alpha value is -2.81. The summed E-state index contributed by atoms with van der Waals surface area (Å²) in [5, 5.41) is 12.8. The zero-order chi connectivity index (χ0) is 22.4. The number of aromatic nitrogens is 1. The van der Waals surface area contributed by atoms with Gasteiger partial charge in [-0.1, -0.05) is 6.92 Å². The Morgan fingerprint density at radius 1 is 1.42 bits per heavy atom. The third kappa shape index (κ3) is 3.50. The minimum absolute atomic E-state index is 0.0351. The Balaban J connectivity index is 1.93. The summed E-state index contributed by atoms with van der Waals surface area (Å²) in [6.07, 6.45) is 3.92. The van der Waals surface area contributed by atoms with Crippen LogP contribution in [0.1, 0.15) is 49.5 Å². The molecule has 1 aliphatic carbocycles. The molecule has 0 amide bonds. The summed E-state index contributed by atoms with van der Waals surface area (Å²) < 4.78 is 23.0. The summed E-state index contributed by atoms with van der Waals surface area (Å²) in [5.41, 5.74) is 5.22. The number of aromatic carboxylic acids is 1. The van der Waals surface area contributed by atoms with E-state index in [4.69, 9.17) is 10.5 Å². The Labute approximate surface area is 179 Å². The van der Waals surface area contributed by atoms with E-state index in [-0.39, 0.29) is 34.6 Å². The number of hydrogen-bond acceptors (Lipinski definition) is 6. The third-order valence-corrected chi connectivity index (χ3v) is 6.53. The number of carboxylic acid groups (broad SMARTS) is 1. The fourth-order valence-corrected chi connectivity index (χ4v) is 4.72. The number of anilines is 2. The van der Waals surface area contributed by atoms with Gasteiger partial charge in [0.2, 0.25) is 5.43 Å². The molecular formula is C22H29FN4O4. The molecular weight excluding hydrogens is 403 g/mol. The second kappa shape index (κ2) is 8.03. The Bertz CT molecular complexity index is 1100. The first-order valence-corrected chi connectivity index (χ1v) is 10.7. The topological polar surface area (TPSA) is 110 Å². The maximum absolute atomic E-state index is 15.6. The van der Waals surface area contributed by atoms with Gasteiger partial charge in [0.1, 0.15) is 11.3 Å². The smallest absolute Gasteiger partial charge is 0.341 e. The molecule has 1 aromatic heterocycles. The standard InChI is InChI=1S/C22H29FN4O4/c1-4-25-11(2)12-7-8-26(9-12)19-16(23)17(24)15-18(21(19)31-3)27(13-5-6-13)10-14(20(15)28)22(29)30/h10-13,25H,4-9,24H2,1-3H3,(H,29,30)/t11-,12+/m0/s1. The van der Waals surface area contributed by atoms with Gasteiger partial charge in [-0.3, -0.25) is 4.79 Å². The highest BCUT2D eigenvalue weighted by atomic mass is 19.1. The van der Waals surface area contributed by atoms with Gasteiger partial charge in [-0.05, 0) is 38.6 Å². The van der Waals surface area contributed by atoms with E-state index in [2.05, 4.69) is 19.2 Å². The van der Waals surface area contributed by atoms with Gasteiger partial charge in [0, 0.05) is 31.4 Å². The molecule has 4 rings (SSSR count). The average Bonchev–Trinajstić information content (AvgIpc) is 3.46. The number of benzene rings is 1. The zero-order valence-electron chi connectivity index (χ0n) is 18.1. The Morgan fingerprint density at radius 2 is 2.13 bits per heavy atom. The van der Waals surface area contributed by atoms with E-state index >= 15 is 4.39 Å². The molecule has 2 aromatic rings. The molecule has 0 spiro atoms. The second-order valence-corrected chi connectivity index (χ2v) is 8.49. The van der Waals surface area contributed by atoms with Crippen molar-refractivity contribution >= 4 is 28.2 Å². The maximum Gasteiger partial charge on any atom is 0.341 e. The molecule has 1 saturated carbocycles. The summed E-state index contributed by atoms with van der Waals surface area (Å²) >= 11 is 0. The molecule has 31 heavy (non-hydrogen) atoms. The van der Waals surface area contributed by atoms with Crippen LogP contribution in [0.15, 0.2) is 11.0 Å². The maximum atomic E-state index is 15.6. The molecule has 2 aliphatic rings.